The molecule has 0 radical (unpaired) electrons. The van der Waals surface area contributed by atoms with Gasteiger partial charge in [-0.3, -0.25) is 0 Å². The minimum Gasteiger partial charge on any atom is -0.382 e. The third-order valence-electron chi connectivity index (χ3n) is 1.98. The van der Waals surface area contributed by atoms with Crippen LogP contribution in [0.2, 0.25) is 0 Å². The van der Waals surface area contributed by atoms with Crippen LogP contribution >= 0.6 is 11.3 Å². The van der Waals surface area contributed by atoms with E-state index in [0.717, 1.165) is 5.69 Å². The van der Waals surface area contributed by atoms with Crippen LogP contribution in [0.1, 0.15) is 23.1 Å². The van der Waals surface area contributed by atoms with Gasteiger partial charge >= 0.3 is 0 Å². The summed E-state index contributed by atoms with van der Waals surface area (Å²) in [6.45, 7) is 1.84. The van der Waals surface area contributed by atoms with E-state index in [1.807, 2.05) is 12.3 Å². The van der Waals surface area contributed by atoms with Gasteiger partial charge in [-0.2, -0.15) is 0 Å². The molecule has 0 fully saturated rings. The molecule has 0 bridgehead atoms. The summed E-state index contributed by atoms with van der Waals surface area (Å²) in [5.41, 5.74) is 3.82. The Kier molecular flexibility index (Phi) is 2.51. The summed E-state index contributed by atoms with van der Waals surface area (Å²) in [5, 5.41) is 11.7. The predicted octanol–water partition coefficient (Wildman–Crippen LogP) is 1.32. The molecule has 0 spiro atoms. The molecule has 1 N–H and O–H groups in total. The summed E-state index contributed by atoms with van der Waals surface area (Å²) < 4.78 is 0. The fourth-order valence-corrected chi connectivity index (χ4v) is 1.76. The van der Waals surface area contributed by atoms with Crippen LogP contribution in [0.4, 0.5) is 0 Å². The van der Waals surface area contributed by atoms with E-state index in [1.165, 1.54) is 17.7 Å². The lowest BCUT2D eigenvalue weighted by atomic mass is 10.1. The molecule has 1 atom stereocenters. The average Bonchev–Trinajstić information content (AvgIpc) is 2.70. The maximum atomic E-state index is 9.93. The summed E-state index contributed by atoms with van der Waals surface area (Å²) in [6.07, 6.45) is 2.36. The van der Waals surface area contributed by atoms with Gasteiger partial charge in [-0.05, 0) is 6.92 Å². The van der Waals surface area contributed by atoms with E-state index in [0.29, 0.717) is 11.3 Å². The first kappa shape index (κ1) is 9.23. The van der Waals surface area contributed by atoms with Crippen LogP contribution in [0, 0.1) is 6.92 Å². The molecule has 2 heterocycles. The van der Waals surface area contributed by atoms with E-state index in [9.17, 15) is 5.11 Å². The lowest BCUT2D eigenvalue weighted by molar-refractivity contribution is 0.214. The van der Waals surface area contributed by atoms with Crippen LogP contribution in [-0.4, -0.2) is 20.1 Å². The Balaban J connectivity index is 2.37. The Morgan fingerprint density at radius 1 is 1.43 bits per heavy atom. The highest BCUT2D eigenvalue weighted by Crippen LogP contribution is 2.22. The summed E-state index contributed by atoms with van der Waals surface area (Å²) >= 11 is 1.46. The molecule has 0 aliphatic rings. The van der Waals surface area contributed by atoms with E-state index in [4.69, 9.17) is 0 Å². The van der Waals surface area contributed by atoms with Crippen molar-refractivity contribution < 1.29 is 5.11 Å². The summed E-state index contributed by atoms with van der Waals surface area (Å²) in [6, 6.07) is 0. The number of aliphatic hydroxyl groups is 1. The molecule has 72 valence electrons. The van der Waals surface area contributed by atoms with Gasteiger partial charge in [0.2, 0.25) is 0 Å². The van der Waals surface area contributed by atoms with Crippen molar-refractivity contribution in [1.29, 1.82) is 0 Å². The minimum atomic E-state index is -0.720. The third kappa shape index (κ3) is 1.64. The highest BCUT2D eigenvalue weighted by atomic mass is 32.1. The second-order valence-electron chi connectivity index (χ2n) is 2.88. The normalized spacial score (nSPS) is 12.7. The minimum absolute atomic E-state index is 0.646. The van der Waals surface area contributed by atoms with Crippen molar-refractivity contribution >= 4 is 11.3 Å². The monoisotopic (exact) mass is 207 g/mol. The van der Waals surface area contributed by atoms with Crippen molar-refractivity contribution in [1.82, 2.24) is 15.0 Å². The topological polar surface area (TPSA) is 58.9 Å². The molecule has 4 nitrogen and oxygen atoms in total. The molecule has 2 rings (SSSR count). The van der Waals surface area contributed by atoms with E-state index < -0.39 is 6.10 Å². The van der Waals surface area contributed by atoms with Crippen molar-refractivity contribution in [2.75, 3.05) is 0 Å². The maximum absolute atomic E-state index is 9.93. The molecule has 0 saturated carbocycles. The quantitative estimate of drug-likeness (QED) is 0.807. The Bertz CT molecular complexity index is 416. The molecule has 0 amide bonds. The number of hydrogen-bond donors (Lipinski definition) is 1. The van der Waals surface area contributed by atoms with E-state index >= 15 is 0 Å². The number of aromatic nitrogens is 3. The van der Waals surface area contributed by atoms with Gasteiger partial charge in [0.1, 0.15) is 12.4 Å². The average molecular weight is 207 g/mol. The van der Waals surface area contributed by atoms with Gasteiger partial charge in [0.05, 0.1) is 11.2 Å². The molecule has 0 aliphatic heterocycles. The lowest BCUT2D eigenvalue weighted by Crippen LogP contribution is -2.04. The van der Waals surface area contributed by atoms with E-state index in [-0.39, 0.29) is 0 Å². The highest BCUT2D eigenvalue weighted by molar-refractivity contribution is 7.07. The first-order valence-electron chi connectivity index (χ1n) is 4.11. The van der Waals surface area contributed by atoms with E-state index in [1.54, 1.807) is 11.7 Å². The smallest absolute Gasteiger partial charge is 0.125 e. The van der Waals surface area contributed by atoms with Crippen molar-refractivity contribution in [3.8, 4) is 0 Å². The molecule has 2 aromatic rings. The number of aliphatic hydroxyl groups excluding tert-OH is 1. The van der Waals surface area contributed by atoms with Crippen LogP contribution in [0.15, 0.2) is 23.4 Å². The Morgan fingerprint density at radius 3 is 2.93 bits per heavy atom. The number of rotatable bonds is 2. The third-order valence-corrected chi connectivity index (χ3v) is 2.58. The predicted molar refractivity (Wildman–Crippen MR) is 52.9 cm³/mol. The first-order valence-corrected chi connectivity index (χ1v) is 5.06. The molecule has 0 aliphatic carbocycles. The Hall–Kier alpha value is -1.33. The Morgan fingerprint density at radius 2 is 2.29 bits per heavy atom. The van der Waals surface area contributed by atoms with Crippen LogP contribution in [0.25, 0.3) is 0 Å². The van der Waals surface area contributed by atoms with E-state index in [2.05, 4.69) is 15.0 Å². The zero-order valence-electron chi connectivity index (χ0n) is 7.58. The van der Waals surface area contributed by atoms with Gasteiger partial charge in [0.25, 0.3) is 0 Å². The fraction of sp³-hybridized carbons (Fsp3) is 0.222. The maximum Gasteiger partial charge on any atom is 0.125 e. The summed E-state index contributed by atoms with van der Waals surface area (Å²) in [5.74, 6) is 0. The molecule has 0 aromatic carbocycles. The summed E-state index contributed by atoms with van der Waals surface area (Å²) in [7, 11) is 0. The van der Waals surface area contributed by atoms with Gasteiger partial charge < -0.3 is 5.11 Å². The number of nitrogens with zero attached hydrogens (tertiary/aromatic N) is 3. The first-order chi connectivity index (χ1) is 6.79. The molecule has 5 heteroatoms. The standard InChI is InChI=1S/C9H9N3OS/c1-6-7(2-10-4-11-6)9(13)8-3-14-5-12-8/h2-5,9,13H,1H3. The van der Waals surface area contributed by atoms with Gasteiger partial charge in [-0.15, -0.1) is 11.3 Å². The van der Waals surface area contributed by atoms with Crippen LogP contribution in [-0.2, 0) is 0 Å². The molecule has 0 saturated heterocycles. The molecule has 14 heavy (non-hydrogen) atoms. The number of thiazole rings is 1. The van der Waals surface area contributed by atoms with Crippen LogP contribution in [0.5, 0.6) is 0 Å². The molecule has 2 aromatic heterocycles. The fourth-order valence-electron chi connectivity index (χ4n) is 1.19. The molecule has 1 unspecified atom stereocenters. The van der Waals surface area contributed by atoms with Gasteiger partial charge in [-0.1, -0.05) is 0 Å². The Labute approximate surface area is 85.3 Å². The highest BCUT2D eigenvalue weighted by Gasteiger charge is 2.15. The second kappa shape index (κ2) is 3.81. The van der Waals surface area contributed by atoms with Crippen molar-refractivity contribution in [3.63, 3.8) is 0 Å². The largest absolute Gasteiger partial charge is 0.382 e. The SMILES string of the molecule is Cc1ncncc1C(O)c1cscn1. The van der Waals surface area contributed by atoms with Gasteiger partial charge in [-0.25, -0.2) is 15.0 Å². The van der Waals surface area contributed by atoms with Gasteiger partial charge in [0, 0.05) is 22.8 Å². The lowest BCUT2D eigenvalue weighted by Gasteiger charge is -2.09. The number of hydrogen-bond acceptors (Lipinski definition) is 5. The second-order valence-corrected chi connectivity index (χ2v) is 3.60. The van der Waals surface area contributed by atoms with Crippen molar-refractivity contribution in [3.05, 3.63) is 40.4 Å². The van der Waals surface area contributed by atoms with Gasteiger partial charge in [0.15, 0.2) is 0 Å². The zero-order chi connectivity index (χ0) is 9.97. The van der Waals surface area contributed by atoms with Crippen molar-refractivity contribution in [2.24, 2.45) is 0 Å². The summed E-state index contributed by atoms with van der Waals surface area (Å²) in [4.78, 5) is 11.9. The van der Waals surface area contributed by atoms with Crippen LogP contribution < -0.4 is 0 Å². The number of aryl methyl sites for hydroxylation is 1. The molecular formula is C9H9N3OS. The zero-order valence-corrected chi connectivity index (χ0v) is 8.40. The van der Waals surface area contributed by atoms with Crippen molar-refractivity contribution in [2.45, 2.75) is 13.0 Å². The molecular weight excluding hydrogens is 198 g/mol. The van der Waals surface area contributed by atoms with Crippen LogP contribution in [0.3, 0.4) is 0 Å².